The van der Waals surface area contributed by atoms with Crippen LogP contribution in [0.2, 0.25) is 0 Å². The van der Waals surface area contributed by atoms with Crippen LogP contribution in [0, 0.1) is 0 Å². The van der Waals surface area contributed by atoms with Gasteiger partial charge in [-0.05, 0) is 32.4 Å². The van der Waals surface area contributed by atoms with Crippen molar-refractivity contribution in [1.29, 1.82) is 0 Å². The molecule has 144 valence electrons. The molecule has 0 radical (unpaired) electrons. The first-order valence-electron chi connectivity index (χ1n) is 8.42. The van der Waals surface area contributed by atoms with E-state index in [1.807, 2.05) is 38.1 Å². The maximum absolute atomic E-state index is 11.5. The number of alkyl halides is 1. The zero-order valence-electron chi connectivity index (χ0n) is 14.8. The summed E-state index contributed by atoms with van der Waals surface area (Å²) in [7, 11) is 0. The van der Waals surface area contributed by atoms with Crippen molar-refractivity contribution in [3.05, 3.63) is 34.3 Å². The summed E-state index contributed by atoms with van der Waals surface area (Å²) >= 11 is 9.05. The molecular formula is C18H22BrClO6. The van der Waals surface area contributed by atoms with Crippen LogP contribution in [0.15, 0.2) is 28.7 Å². The van der Waals surface area contributed by atoms with Gasteiger partial charge in [0.25, 0.3) is 0 Å². The van der Waals surface area contributed by atoms with Gasteiger partial charge in [0.2, 0.25) is 0 Å². The van der Waals surface area contributed by atoms with E-state index in [2.05, 4.69) is 15.9 Å². The van der Waals surface area contributed by atoms with Crippen LogP contribution in [-0.4, -0.2) is 48.3 Å². The number of benzene rings is 1. The van der Waals surface area contributed by atoms with Crippen molar-refractivity contribution in [2.45, 2.75) is 63.9 Å². The molecule has 6 nitrogen and oxygen atoms in total. The highest BCUT2D eigenvalue weighted by atomic mass is 79.9. The van der Waals surface area contributed by atoms with Gasteiger partial charge in [-0.3, -0.25) is 4.79 Å². The first kappa shape index (κ1) is 20.0. The lowest BCUT2D eigenvalue weighted by Crippen LogP contribution is -2.43. The molecular weight excluding hydrogens is 428 g/mol. The van der Waals surface area contributed by atoms with E-state index < -0.39 is 42.5 Å². The van der Waals surface area contributed by atoms with Crippen molar-refractivity contribution in [3.8, 4) is 0 Å². The van der Waals surface area contributed by atoms with Crippen LogP contribution in [0.3, 0.4) is 0 Å². The molecule has 2 fully saturated rings. The fourth-order valence-corrected chi connectivity index (χ4v) is 3.64. The molecule has 0 aliphatic carbocycles. The summed E-state index contributed by atoms with van der Waals surface area (Å²) < 4.78 is 30.1. The average Bonchev–Trinajstić information content (AvgIpc) is 3.06. The second kappa shape index (κ2) is 8.12. The molecule has 1 aromatic carbocycles. The van der Waals surface area contributed by atoms with Gasteiger partial charge in [-0.15, -0.1) is 11.6 Å². The van der Waals surface area contributed by atoms with Gasteiger partial charge in [0.15, 0.2) is 12.1 Å². The maximum Gasteiger partial charge on any atom is 0.321 e. The number of hydrogen-bond acceptors (Lipinski definition) is 6. The normalized spacial score (nSPS) is 30.8. The molecule has 3 rings (SSSR count). The van der Waals surface area contributed by atoms with Crippen molar-refractivity contribution >= 4 is 33.5 Å². The zero-order valence-corrected chi connectivity index (χ0v) is 17.2. The molecule has 5 atom stereocenters. The van der Waals surface area contributed by atoms with E-state index in [-0.39, 0.29) is 5.88 Å². The first-order chi connectivity index (χ1) is 12.3. The van der Waals surface area contributed by atoms with Crippen LogP contribution in [-0.2, 0) is 35.1 Å². The van der Waals surface area contributed by atoms with E-state index in [0.29, 0.717) is 6.61 Å². The Morgan fingerprint density at radius 3 is 2.77 bits per heavy atom. The smallest absolute Gasteiger partial charge is 0.321 e. The Morgan fingerprint density at radius 1 is 1.35 bits per heavy atom. The van der Waals surface area contributed by atoms with E-state index in [0.717, 1.165) is 10.0 Å². The lowest BCUT2D eigenvalue weighted by molar-refractivity contribution is -0.231. The summed E-state index contributed by atoms with van der Waals surface area (Å²) in [5.74, 6) is -1.48. The minimum absolute atomic E-state index is 0.216. The Labute approximate surface area is 166 Å². The SMILES string of the molecule is C[C@@H](OC(=O)CCl)[C@H]1O[C@@H]2OC(C)(C)O[C@@H]2[C@H]1OCc1ccccc1Br. The molecule has 2 aliphatic heterocycles. The average molecular weight is 450 g/mol. The van der Waals surface area contributed by atoms with Gasteiger partial charge in [0, 0.05) is 4.47 Å². The van der Waals surface area contributed by atoms with Crippen LogP contribution in [0.5, 0.6) is 0 Å². The summed E-state index contributed by atoms with van der Waals surface area (Å²) in [4.78, 5) is 11.5. The number of esters is 1. The molecule has 0 bridgehead atoms. The number of carbonyl (C=O) groups is 1. The minimum atomic E-state index is -0.759. The Bertz CT molecular complexity index is 654. The highest BCUT2D eigenvalue weighted by Gasteiger charge is 2.57. The van der Waals surface area contributed by atoms with Gasteiger partial charge in [0.05, 0.1) is 6.61 Å². The molecule has 0 unspecified atom stereocenters. The topological polar surface area (TPSA) is 63.2 Å². The second-order valence-corrected chi connectivity index (χ2v) is 7.89. The summed E-state index contributed by atoms with van der Waals surface area (Å²) in [5, 5.41) is 0. The highest BCUT2D eigenvalue weighted by molar-refractivity contribution is 9.10. The predicted octanol–water partition coefficient (Wildman–Crippen LogP) is 3.38. The molecule has 0 amide bonds. The molecule has 0 aromatic heterocycles. The van der Waals surface area contributed by atoms with Crippen LogP contribution < -0.4 is 0 Å². The molecule has 1 aromatic rings. The minimum Gasteiger partial charge on any atom is -0.459 e. The summed E-state index contributed by atoms with van der Waals surface area (Å²) in [5.41, 5.74) is 0.998. The second-order valence-electron chi connectivity index (χ2n) is 6.76. The number of ether oxygens (including phenoxy) is 5. The van der Waals surface area contributed by atoms with Gasteiger partial charge < -0.3 is 23.7 Å². The van der Waals surface area contributed by atoms with Crippen LogP contribution in [0.1, 0.15) is 26.3 Å². The van der Waals surface area contributed by atoms with Gasteiger partial charge in [-0.25, -0.2) is 0 Å². The molecule has 0 N–H and O–H groups in total. The number of hydrogen-bond donors (Lipinski definition) is 0. The lowest BCUT2D eigenvalue weighted by atomic mass is 10.1. The summed E-state index contributed by atoms with van der Waals surface area (Å²) in [6, 6.07) is 7.81. The van der Waals surface area contributed by atoms with Crippen LogP contribution in [0.25, 0.3) is 0 Å². The predicted molar refractivity (Wildman–Crippen MR) is 97.7 cm³/mol. The van der Waals surface area contributed by atoms with Crippen LogP contribution in [0.4, 0.5) is 0 Å². The molecule has 0 saturated carbocycles. The molecule has 0 spiro atoms. The zero-order chi connectivity index (χ0) is 18.9. The van der Waals surface area contributed by atoms with E-state index in [4.69, 9.17) is 35.3 Å². The third-order valence-corrected chi connectivity index (χ3v) is 5.30. The number of fused-ring (bicyclic) bond motifs is 1. The fraction of sp³-hybridized carbons (Fsp3) is 0.611. The lowest BCUT2D eigenvalue weighted by Gasteiger charge is -2.29. The quantitative estimate of drug-likeness (QED) is 0.490. The molecule has 8 heteroatoms. The van der Waals surface area contributed by atoms with Crippen molar-refractivity contribution in [2.75, 3.05) is 5.88 Å². The summed E-state index contributed by atoms with van der Waals surface area (Å²) in [6.45, 7) is 5.75. The standard InChI is InChI=1S/C18H22BrClO6/c1-10(23-13(21)8-20)14-15(16-17(24-14)26-18(2,3)25-16)22-9-11-6-4-5-7-12(11)19/h4-7,10,14-17H,8-9H2,1-3H3/t10-,14-,15+,16-,17-/m1/s1. The fourth-order valence-electron chi connectivity index (χ4n) is 3.18. The van der Waals surface area contributed by atoms with E-state index in [1.165, 1.54) is 0 Å². The van der Waals surface area contributed by atoms with E-state index in [1.54, 1.807) is 6.92 Å². The Kier molecular flexibility index (Phi) is 6.26. The number of rotatable bonds is 6. The Hall–Kier alpha value is -0.700. The van der Waals surface area contributed by atoms with Crippen molar-refractivity contribution in [2.24, 2.45) is 0 Å². The monoisotopic (exact) mass is 448 g/mol. The Morgan fingerprint density at radius 2 is 2.08 bits per heavy atom. The third-order valence-electron chi connectivity index (χ3n) is 4.31. The molecule has 26 heavy (non-hydrogen) atoms. The van der Waals surface area contributed by atoms with Gasteiger partial charge in [-0.2, -0.15) is 0 Å². The van der Waals surface area contributed by atoms with Crippen molar-refractivity contribution in [1.82, 2.24) is 0 Å². The Balaban J connectivity index is 1.74. The summed E-state index contributed by atoms with van der Waals surface area (Å²) in [6.07, 6.45) is -2.50. The number of carbonyl (C=O) groups excluding carboxylic acids is 1. The van der Waals surface area contributed by atoms with Crippen molar-refractivity contribution < 1.29 is 28.5 Å². The maximum atomic E-state index is 11.5. The molecule has 2 aliphatic rings. The molecule has 2 heterocycles. The first-order valence-corrected chi connectivity index (χ1v) is 9.75. The van der Waals surface area contributed by atoms with Gasteiger partial charge in [-0.1, -0.05) is 34.1 Å². The van der Waals surface area contributed by atoms with Crippen LogP contribution >= 0.6 is 27.5 Å². The van der Waals surface area contributed by atoms with E-state index >= 15 is 0 Å². The largest absolute Gasteiger partial charge is 0.459 e. The molecule has 2 saturated heterocycles. The van der Waals surface area contributed by atoms with Gasteiger partial charge >= 0.3 is 5.97 Å². The van der Waals surface area contributed by atoms with Crippen molar-refractivity contribution in [3.63, 3.8) is 0 Å². The third kappa shape index (κ3) is 4.40. The number of halogens is 2. The van der Waals surface area contributed by atoms with E-state index in [9.17, 15) is 4.79 Å². The highest BCUT2D eigenvalue weighted by Crippen LogP contribution is 2.40. The van der Waals surface area contributed by atoms with Gasteiger partial charge in [0.1, 0.15) is 30.3 Å².